The van der Waals surface area contributed by atoms with Gasteiger partial charge in [-0.15, -0.1) is 24.0 Å². The smallest absolute Gasteiger partial charge is 0.191 e. The number of aliphatic imine (C=N–C) groups is 1. The third kappa shape index (κ3) is 5.56. The number of aromatic nitrogens is 3. The van der Waals surface area contributed by atoms with Crippen molar-refractivity contribution in [2.24, 2.45) is 4.99 Å². The first-order valence-electron chi connectivity index (χ1n) is 10.5. The van der Waals surface area contributed by atoms with Gasteiger partial charge in [0.05, 0.1) is 7.11 Å². The van der Waals surface area contributed by atoms with E-state index in [1.165, 1.54) is 6.07 Å². The van der Waals surface area contributed by atoms with E-state index in [2.05, 4.69) is 30.8 Å². The van der Waals surface area contributed by atoms with E-state index in [4.69, 9.17) is 4.74 Å². The van der Waals surface area contributed by atoms with Crippen molar-refractivity contribution < 1.29 is 9.13 Å². The topological polar surface area (TPSA) is 87.2 Å². The first-order chi connectivity index (χ1) is 15.1. The minimum Gasteiger partial charge on any atom is -0.497 e. The molecule has 0 amide bonds. The van der Waals surface area contributed by atoms with E-state index in [9.17, 15) is 4.39 Å². The summed E-state index contributed by atoms with van der Waals surface area (Å²) in [7, 11) is 1.63. The van der Waals surface area contributed by atoms with Crippen LogP contribution in [0.2, 0.25) is 0 Å². The van der Waals surface area contributed by atoms with Gasteiger partial charge in [-0.2, -0.15) is 5.10 Å². The van der Waals surface area contributed by atoms with Gasteiger partial charge in [-0.05, 0) is 55.7 Å². The number of nitrogens with one attached hydrogen (secondary N) is 3. The van der Waals surface area contributed by atoms with E-state index in [1.54, 1.807) is 13.2 Å². The summed E-state index contributed by atoms with van der Waals surface area (Å²) in [5.74, 6) is 2.60. The number of guanidine groups is 1. The molecule has 1 saturated carbocycles. The van der Waals surface area contributed by atoms with E-state index in [-0.39, 0.29) is 35.2 Å². The number of hydrogen-bond donors (Lipinski definition) is 3. The van der Waals surface area contributed by atoms with Crippen LogP contribution in [0.25, 0.3) is 11.4 Å². The Bertz CT molecular complexity index is 1050. The molecule has 2 aromatic carbocycles. The highest BCUT2D eigenvalue weighted by Gasteiger charge is 2.45. The highest BCUT2D eigenvalue weighted by Crippen LogP contribution is 2.48. The van der Waals surface area contributed by atoms with Gasteiger partial charge in [0.15, 0.2) is 11.8 Å². The number of methoxy groups -OCH3 is 1. The number of hydrogen-bond acceptors (Lipinski definition) is 4. The fraction of sp³-hybridized carbons (Fsp3) is 0.348. The zero-order chi connectivity index (χ0) is 21.7. The Labute approximate surface area is 204 Å². The maximum absolute atomic E-state index is 14.3. The molecule has 0 saturated heterocycles. The molecule has 1 aromatic heterocycles. The van der Waals surface area contributed by atoms with Crippen molar-refractivity contribution in [1.29, 1.82) is 0 Å². The Morgan fingerprint density at radius 2 is 1.91 bits per heavy atom. The number of benzene rings is 2. The molecule has 3 aromatic rings. The maximum Gasteiger partial charge on any atom is 0.191 e. The fourth-order valence-corrected chi connectivity index (χ4v) is 3.57. The summed E-state index contributed by atoms with van der Waals surface area (Å²) in [6.07, 6.45) is 1.93. The minimum atomic E-state index is -0.157. The minimum absolute atomic E-state index is 0. The maximum atomic E-state index is 14.3. The van der Waals surface area contributed by atoms with Gasteiger partial charge in [-0.3, -0.25) is 5.10 Å². The molecule has 0 bridgehead atoms. The Morgan fingerprint density at radius 1 is 1.16 bits per heavy atom. The third-order valence-electron chi connectivity index (χ3n) is 5.50. The number of halogens is 2. The van der Waals surface area contributed by atoms with Crippen LogP contribution in [-0.2, 0) is 12.0 Å². The lowest BCUT2D eigenvalue weighted by Crippen LogP contribution is -2.41. The number of H-pyrrole nitrogens is 1. The Balaban J connectivity index is 0.00000289. The van der Waals surface area contributed by atoms with Gasteiger partial charge in [0, 0.05) is 24.1 Å². The van der Waals surface area contributed by atoms with Crippen molar-refractivity contribution in [2.75, 3.05) is 20.2 Å². The molecule has 1 aliphatic carbocycles. The van der Waals surface area contributed by atoms with Crippen LogP contribution in [0, 0.1) is 5.82 Å². The number of aromatic amines is 1. The van der Waals surface area contributed by atoms with Crippen molar-refractivity contribution in [2.45, 2.75) is 31.7 Å². The van der Waals surface area contributed by atoms with Crippen molar-refractivity contribution >= 4 is 29.9 Å². The molecular weight excluding hydrogens is 522 g/mol. The van der Waals surface area contributed by atoms with Crippen LogP contribution in [0.3, 0.4) is 0 Å². The van der Waals surface area contributed by atoms with Crippen LogP contribution in [0.4, 0.5) is 4.39 Å². The molecule has 0 unspecified atom stereocenters. The number of rotatable bonds is 8. The summed E-state index contributed by atoms with van der Waals surface area (Å²) in [6.45, 7) is 3.72. The summed E-state index contributed by atoms with van der Waals surface area (Å²) in [5.41, 5.74) is 1.52. The van der Waals surface area contributed by atoms with Gasteiger partial charge in [0.1, 0.15) is 23.9 Å². The molecule has 0 aliphatic heterocycles. The van der Waals surface area contributed by atoms with Gasteiger partial charge < -0.3 is 15.4 Å². The second kappa shape index (κ2) is 10.8. The largest absolute Gasteiger partial charge is 0.497 e. The molecule has 4 rings (SSSR count). The molecule has 1 fully saturated rings. The fourth-order valence-electron chi connectivity index (χ4n) is 3.57. The summed E-state index contributed by atoms with van der Waals surface area (Å²) in [4.78, 5) is 9.14. The lowest BCUT2D eigenvalue weighted by atomic mass is 9.95. The van der Waals surface area contributed by atoms with Crippen LogP contribution in [0.1, 0.15) is 31.2 Å². The lowest BCUT2D eigenvalue weighted by Gasteiger charge is -2.19. The molecule has 170 valence electrons. The third-order valence-corrected chi connectivity index (χ3v) is 5.50. The van der Waals surface area contributed by atoms with Crippen LogP contribution in [-0.4, -0.2) is 41.3 Å². The van der Waals surface area contributed by atoms with Gasteiger partial charge in [0.25, 0.3) is 0 Å². The highest BCUT2D eigenvalue weighted by molar-refractivity contribution is 14.0. The molecule has 3 N–H and O–H groups in total. The predicted octanol–water partition coefficient (Wildman–Crippen LogP) is 4.02. The van der Waals surface area contributed by atoms with Crippen LogP contribution in [0.5, 0.6) is 5.75 Å². The standard InChI is InChI=1S/C23H27FN6O.HI/c1-3-25-22(27-15-23(12-13-23)18-6-4-5-7-19(18)24)26-14-20-28-21(30-29-20)16-8-10-17(31-2)11-9-16;/h4-11H,3,12-15H2,1-2H3,(H2,25,26,27)(H,28,29,30);1H. The summed E-state index contributed by atoms with van der Waals surface area (Å²) >= 11 is 0. The first-order valence-corrected chi connectivity index (χ1v) is 10.5. The van der Waals surface area contributed by atoms with Crippen molar-refractivity contribution in [3.8, 4) is 17.1 Å². The second-order valence-corrected chi connectivity index (χ2v) is 7.64. The molecule has 0 radical (unpaired) electrons. The van der Waals surface area contributed by atoms with E-state index in [1.807, 2.05) is 43.3 Å². The van der Waals surface area contributed by atoms with Crippen molar-refractivity contribution in [3.05, 3.63) is 65.7 Å². The van der Waals surface area contributed by atoms with E-state index in [0.29, 0.717) is 30.7 Å². The second-order valence-electron chi connectivity index (χ2n) is 7.64. The molecule has 9 heteroatoms. The Hall–Kier alpha value is -2.69. The number of nitrogens with zero attached hydrogens (tertiary/aromatic N) is 3. The molecule has 32 heavy (non-hydrogen) atoms. The molecule has 0 atom stereocenters. The Morgan fingerprint density at radius 3 is 2.56 bits per heavy atom. The van der Waals surface area contributed by atoms with Gasteiger partial charge >= 0.3 is 0 Å². The van der Waals surface area contributed by atoms with Gasteiger partial charge in [-0.1, -0.05) is 18.2 Å². The zero-order valence-electron chi connectivity index (χ0n) is 18.2. The average molecular weight is 550 g/mol. The zero-order valence-corrected chi connectivity index (χ0v) is 20.5. The van der Waals surface area contributed by atoms with E-state index in [0.717, 1.165) is 36.3 Å². The summed E-state index contributed by atoms with van der Waals surface area (Å²) in [5, 5.41) is 13.8. The molecular formula is C23H28FIN6O. The van der Waals surface area contributed by atoms with Crippen LogP contribution in [0.15, 0.2) is 53.5 Å². The van der Waals surface area contributed by atoms with Crippen LogP contribution >= 0.6 is 24.0 Å². The quantitative estimate of drug-likeness (QED) is 0.224. The first kappa shape index (κ1) is 24.0. The predicted molar refractivity (Wildman–Crippen MR) is 134 cm³/mol. The lowest BCUT2D eigenvalue weighted by molar-refractivity contribution is 0.415. The molecule has 1 aliphatic rings. The van der Waals surface area contributed by atoms with Crippen molar-refractivity contribution in [1.82, 2.24) is 25.8 Å². The monoisotopic (exact) mass is 550 g/mol. The molecule has 7 nitrogen and oxygen atoms in total. The summed E-state index contributed by atoms with van der Waals surface area (Å²) < 4.78 is 19.4. The highest BCUT2D eigenvalue weighted by atomic mass is 127. The molecule has 1 heterocycles. The Kier molecular flexibility index (Phi) is 8.05. The van der Waals surface area contributed by atoms with Gasteiger partial charge in [-0.25, -0.2) is 14.4 Å². The summed E-state index contributed by atoms with van der Waals surface area (Å²) in [6, 6.07) is 14.6. The number of ether oxygens (including phenoxy) is 1. The van der Waals surface area contributed by atoms with Crippen LogP contribution < -0.4 is 15.4 Å². The van der Waals surface area contributed by atoms with Crippen molar-refractivity contribution in [3.63, 3.8) is 0 Å². The van der Waals surface area contributed by atoms with E-state index >= 15 is 0 Å². The van der Waals surface area contributed by atoms with Gasteiger partial charge in [0.2, 0.25) is 0 Å². The normalized spacial score (nSPS) is 14.4. The SMILES string of the molecule is CCNC(=NCc1nc(-c2ccc(OC)cc2)n[nH]1)NCC1(c2ccccc2F)CC1.I. The molecule has 0 spiro atoms. The average Bonchev–Trinajstić information content (AvgIpc) is 3.44. The van der Waals surface area contributed by atoms with E-state index < -0.39 is 0 Å².